The van der Waals surface area contributed by atoms with E-state index in [0.29, 0.717) is 0 Å². The summed E-state index contributed by atoms with van der Waals surface area (Å²) in [5, 5.41) is 5.60. The third-order valence-corrected chi connectivity index (χ3v) is 0.959. The Bertz CT molecular complexity index is 111. The molecule has 0 aromatic carbocycles. The van der Waals surface area contributed by atoms with Gasteiger partial charge in [0.1, 0.15) is 0 Å². The highest BCUT2D eigenvalue weighted by Crippen LogP contribution is 2.05. The lowest BCUT2D eigenvalue weighted by atomic mass is 11.6. The van der Waals surface area contributed by atoms with Crippen LogP contribution in [0.3, 0.4) is 0 Å². The molecule has 4 nitrogen and oxygen atoms in total. The summed E-state index contributed by atoms with van der Waals surface area (Å²) in [7, 11) is 0. The molecule has 0 fully saturated rings. The minimum absolute atomic E-state index is 0.0336. The van der Waals surface area contributed by atoms with Crippen LogP contribution >= 0.6 is 24.7 Å². The van der Waals surface area contributed by atoms with Crippen LogP contribution in [0.4, 0.5) is 9.59 Å². The second-order valence-corrected chi connectivity index (χ2v) is 1.78. The van der Waals surface area contributed by atoms with Gasteiger partial charge in [-0.1, -0.05) is 0 Å². The number of thiol groups is 1. The molecule has 0 radical (unpaired) electrons. The lowest BCUT2D eigenvalue weighted by molar-refractivity contribution is 0.221. The van der Waals surface area contributed by atoms with Gasteiger partial charge in [-0.3, -0.25) is 0 Å². The molecule has 0 bridgehead atoms. The van der Waals surface area contributed by atoms with Gasteiger partial charge in [0.25, 0.3) is 0 Å². The molecule has 1 N–H and O–H groups in total. The Hall–Kier alpha value is -0.360. The summed E-state index contributed by atoms with van der Waals surface area (Å²) in [6.45, 7) is 0. The van der Waals surface area contributed by atoms with Crippen LogP contribution in [0.25, 0.3) is 0 Å². The fraction of sp³-hybridized carbons (Fsp3) is 0. The van der Waals surface area contributed by atoms with Crippen molar-refractivity contribution in [2.45, 2.75) is 0 Å². The molecule has 0 amide bonds. The van der Waals surface area contributed by atoms with Crippen LogP contribution in [0.15, 0.2) is 0 Å². The Morgan fingerprint density at radius 1 is 1.62 bits per heavy atom. The maximum Gasteiger partial charge on any atom is 0.390 e. The van der Waals surface area contributed by atoms with Gasteiger partial charge in [-0.2, -0.15) is 0 Å². The standard InChI is InChI=1S/C2H2O4S2/c3-1(4)8-2(5)6-7/h7H,(H,3,4). The summed E-state index contributed by atoms with van der Waals surface area (Å²) < 4.78 is 3.70. The quantitative estimate of drug-likeness (QED) is 0.407. The molecule has 0 aliphatic heterocycles. The Morgan fingerprint density at radius 3 is 2.25 bits per heavy atom. The Morgan fingerprint density at radius 2 is 2.12 bits per heavy atom. The van der Waals surface area contributed by atoms with Gasteiger partial charge in [0, 0.05) is 12.9 Å². The Labute approximate surface area is 54.8 Å². The van der Waals surface area contributed by atoms with Crippen LogP contribution in [-0.2, 0) is 4.18 Å². The molecule has 0 aromatic heterocycles. The first-order valence-electron chi connectivity index (χ1n) is 1.43. The lowest BCUT2D eigenvalue weighted by Gasteiger charge is -1.86. The summed E-state index contributed by atoms with van der Waals surface area (Å²) in [5.41, 5.74) is 0. The van der Waals surface area contributed by atoms with Gasteiger partial charge in [0.15, 0.2) is 0 Å². The number of rotatable bonds is 0. The summed E-state index contributed by atoms with van der Waals surface area (Å²) in [4.78, 5) is 19.5. The Balaban J connectivity index is 3.40. The topological polar surface area (TPSA) is 63.6 Å². The SMILES string of the molecule is O=C(O)SC(=O)OS. The van der Waals surface area contributed by atoms with Crippen molar-refractivity contribution in [3.63, 3.8) is 0 Å². The first-order valence-corrected chi connectivity index (χ1v) is 2.61. The molecule has 0 aliphatic rings. The van der Waals surface area contributed by atoms with Gasteiger partial charge < -0.3 is 9.29 Å². The largest absolute Gasteiger partial charge is 0.473 e. The number of hydrogen-bond acceptors (Lipinski definition) is 5. The number of carboxylic acid groups (broad SMARTS) is 1. The third kappa shape index (κ3) is 3.82. The summed E-state index contributed by atoms with van der Waals surface area (Å²) >= 11 is 3.09. The van der Waals surface area contributed by atoms with E-state index in [1.165, 1.54) is 0 Å². The minimum atomic E-state index is -1.30. The van der Waals surface area contributed by atoms with E-state index in [1.54, 1.807) is 0 Å². The fourth-order valence-corrected chi connectivity index (χ4v) is 0.382. The van der Waals surface area contributed by atoms with Crippen molar-refractivity contribution in [2.24, 2.45) is 0 Å². The maximum atomic E-state index is 9.91. The van der Waals surface area contributed by atoms with Gasteiger partial charge in [0.2, 0.25) is 0 Å². The molecular formula is C2H2O4S2. The maximum absolute atomic E-state index is 9.91. The summed E-state index contributed by atoms with van der Waals surface area (Å²) in [6.07, 6.45) is 0. The average Bonchev–Trinajstić information content (AvgIpc) is 1.65. The van der Waals surface area contributed by atoms with Crippen molar-refractivity contribution in [1.82, 2.24) is 0 Å². The minimum Gasteiger partial charge on any atom is -0.473 e. The fourth-order valence-electron chi connectivity index (χ4n) is 0.0899. The van der Waals surface area contributed by atoms with Crippen LogP contribution < -0.4 is 0 Å². The molecule has 6 heteroatoms. The molecule has 0 saturated carbocycles. The van der Waals surface area contributed by atoms with Gasteiger partial charge in [0.05, 0.1) is 11.8 Å². The highest BCUT2D eigenvalue weighted by molar-refractivity contribution is 8.25. The van der Waals surface area contributed by atoms with Crippen molar-refractivity contribution in [3.8, 4) is 0 Å². The third-order valence-electron chi connectivity index (χ3n) is 0.245. The number of hydrogen-bond donors (Lipinski definition) is 2. The van der Waals surface area contributed by atoms with E-state index in [9.17, 15) is 9.59 Å². The second-order valence-electron chi connectivity index (χ2n) is 0.709. The zero-order valence-corrected chi connectivity index (χ0v) is 5.24. The summed E-state index contributed by atoms with van der Waals surface area (Å²) in [6, 6.07) is 0. The van der Waals surface area contributed by atoms with E-state index in [-0.39, 0.29) is 11.8 Å². The number of carbonyl (C=O) groups is 2. The molecule has 0 aromatic rings. The van der Waals surface area contributed by atoms with Crippen molar-refractivity contribution < 1.29 is 18.9 Å². The molecular weight excluding hydrogens is 152 g/mol. The predicted molar refractivity (Wildman–Crippen MR) is 31.1 cm³/mol. The highest BCUT2D eigenvalue weighted by Gasteiger charge is 2.07. The highest BCUT2D eigenvalue weighted by atomic mass is 32.2. The molecule has 0 rings (SSSR count). The first kappa shape index (κ1) is 7.64. The summed E-state index contributed by atoms with van der Waals surface area (Å²) in [5.74, 6) is 0. The van der Waals surface area contributed by atoms with Gasteiger partial charge in [-0.25, -0.2) is 9.59 Å². The molecule has 0 heterocycles. The van der Waals surface area contributed by atoms with Crippen molar-refractivity contribution in [1.29, 1.82) is 0 Å². The van der Waals surface area contributed by atoms with E-state index < -0.39 is 10.6 Å². The van der Waals surface area contributed by atoms with E-state index >= 15 is 0 Å². The van der Waals surface area contributed by atoms with E-state index in [0.717, 1.165) is 0 Å². The molecule has 0 saturated heterocycles. The van der Waals surface area contributed by atoms with Gasteiger partial charge >= 0.3 is 10.6 Å². The number of thioether (sulfide) groups is 1. The van der Waals surface area contributed by atoms with Gasteiger partial charge in [-0.15, -0.1) is 0 Å². The smallest absolute Gasteiger partial charge is 0.390 e. The van der Waals surface area contributed by atoms with E-state index in [4.69, 9.17) is 5.11 Å². The second kappa shape index (κ2) is 3.62. The lowest BCUT2D eigenvalue weighted by Crippen LogP contribution is -1.92. The van der Waals surface area contributed by atoms with Crippen molar-refractivity contribution in [3.05, 3.63) is 0 Å². The van der Waals surface area contributed by atoms with Crippen LogP contribution in [0.5, 0.6) is 0 Å². The molecule has 46 valence electrons. The molecule has 0 aliphatic carbocycles. The van der Waals surface area contributed by atoms with Crippen LogP contribution in [0.2, 0.25) is 0 Å². The Kier molecular flexibility index (Phi) is 3.46. The van der Waals surface area contributed by atoms with E-state index in [2.05, 4.69) is 17.1 Å². The van der Waals surface area contributed by atoms with Gasteiger partial charge in [-0.05, 0) is 0 Å². The van der Waals surface area contributed by atoms with Crippen molar-refractivity contribution >= 4 is 35.3 Å². The molecule has 0 unspecified atom stereocenters. The average molecular weight is 154 g/mol. The monoisotopic (exact) mass is 154 g/mol. The first-order chi connectivity index (χ1) is 3.66. The zero-order valence-electron chi connectivity index (χ0n) is 3.53. The van der Waals surface area contributed by atoms with Crippen molar-refractivity contribution in [2.75, 3.05) is 0 Å². The number of carbonyl (C=O) groups excluding carboxylic acids is 1. The zero-order chi connectivity index (χ0) is 6.57. The molecule has 8 heavy (non-hydrogen) atoms. The van der Waals surface area contributed by atoms with Crippen LogP contribution in [0, 0.1) is 0 Å². The normalized spacial score (nSPS) is 8.12. The van der Waals surface area contributed by atoms with Crippen LogP contribution in [0.1, 0.15) is 0 Å². The van der Waals surface area contributed by atoms with Crippen LogP contribution in [-0.4, -0.2) is 15.7 Å². The van der Waals surface area contributed by atoms with E-state index in [1.807, 2.05) is 0 Å². The molecule has 0 atom stereocenters. The molecule has 0 spiro atoms. The predicted octanol–water partition coefficient (Wildman–Crippen LogP) is 1.38.